The minimum atomic E-state index is 0.416. The number of halogens is 2. The molecule has 1 atom stereocenters. The van der Waals surface area contributed by atoms with Gasteiger partial charge < -0.3 is 10.1 Å². The number of nitrogens with one attached hydrogen (secondary N) is 1. The third-order valence-electron chi connectivity index (χ3n) is 3.71. The maximum atomic E-state index is 6.23. The van der Waals surface area contributed by atoms with Crippen molar-refractivity contribution < 1.29 is 4.74 Å². The smallest absolute Gasteiger partial charge is 0.156 e. The van der Waals surface area contributed by atoms with Crippen molar-refractivity contribution in [2.24, 2.45) is 0 Å². The fourth-order valence-corrected chi connectivity index (χ4v) is 3.06. The van der Waals surface area contributed by atoms with Gasteiger partial charge in [0.2, 0.25) is 0 Å². The predicted octanol–water partition coefficient (Wildman–Crippen LogP) is 5.50. The molecular formula is C19H23Cl2NO. The van der Waals surface area contributed by atoms with Gasteiger partial charge >= 0.3 is 0 Å². The van der Waals surface area contributed by atoms with Gasteiger partial charge in [-0.3, -0.25) is 0 Å². The molecule has 2 nitrogen and oxygen atoms in total. The van der Waals surface area contributed by atoms with Gasteiger partial charge in [0, 0.05) is 12.6 Å². The third kappa shape index (κ3) is 5.72. The molecule has 124 valence electrons. The second kappa shape index (κ2) is 9.17. The van der Waals surface area contributed by atoms with Gasteiger partial charge in [0.1, 0.15) is 0 Å². The van der Waals surface area contributed by atoms with E-state index < -0.39 is 0 Å². The highest BCUT2D eigenvalue weighted by molar-refractivity contribution is 6.37. The molecule has 0 saturated heterocycles. The molecule has 2 rings (SSSR count). The van der Waals surface area contributed by atoms with Gasteiger partial charge in [-0.05, 0) is 49.9 Å². The van der Waals surface area contributed by atoms with Gasteiger partial charge in [0.25, 0.3) is 0 Å². The monoisotopic (exact) mass is 351 g/mol. The highest BCUT2D eigenvalue weighted by Gasteiger charge is 2.10. The minimum absolute atomic E-state index is 0.416. The van der Waals surface area contributed by atoms with Crippen LogP contribution in [0.2, 0.25) is 10.0 Å². The number of ether oxygens (including phenoxy) is 1. The molecule has 0 unspecified atom stereocenters. The first kappa shape index (κ1) is 18.1. The largest absolute Gasteiger partial charge is 0.491 e. The summed E-state index contributed by atoms with van der Waals surface area (Å²) < 4.78 is 5.45. The number of rotatable bonds is 8. The van der Waals surface area contributed by atoms with Crippen LogP contribution >= 0.6 is 23.2 Å². The van der Waals surface area contributed by atoms with E-state index in [0.29, 0.717) is 28.4 Å². The van der Waals surface area contributed by atoms with Crippen molar-refractivity contribution in [3.63, 3.8) is 0 Å². The van der Waals surface area contributed by atoms with Crippen LogP contribution in [0.5, 0.6) is 5.75 Å². The second-order valence-electron chi connectivity index (χ2n) is 5.63. The van der Waals surface area contributed by atoms with Gasteiger partial charge in [0.15, 0.2) is 5.75 Å². The van der Waals surface area contributed by atoms with Gasteiger partial charge in [-0.15, -0.1) is 0 Å². The Kier molecular flexibility index (Phi) is 7.22. The summed E-state index contributed by atoms with van der Waals surface area (Å²) in [6, 6.07) is 14.8. The Morgan fingerprint density at radius 3 is 2.30 bits per heavy atom. The first-order chi connectivity index (χ1) is 11.1. The van der Waals surface area contributed by atoms with Crippen LogP contribution in [0.3, 0.4) is 0 Å². The van der Waals surface area contributed by atoms with Crippen LogP contribution in [0, 0.1) is 0 Å². The van der Waals surface area contributed by atoms with Gasteiger partial charge in [0.05, 0.1) is 16.7 Å². The van der Waals surface area contributed by atoms with Crippen LogP contribution < -0.4 is 10.1 Å². The molecule has 0 aliphatic heterocycles. The zero-order chi connectivity index (χ0) is 16.7. The van der Waals surface area contributed by atoms with E-state index in [4.69, 9.17) is 27.9 Å². The highest BCUT2D eigenvalue weighted by atomic mass is 35.5. The number of hydrogen-bond donors (Lipinski definition) is 1. The van der Waals surface area contributed by atoms with Gasteiger partial charge in [-0.1, -0.05) is 53.5 Å². The van der Waals surface area contributed by atoms with E-state index in [1.807, 2.05) is 25.1 Å². The van der Waals surface area contributed by atoms with Crippen molar-refractivity contribution in [2.45, 2.75) is 39.3 Å². The Morgan fingerprint density at radius 2 is 1.70 bits per heavy atom. The van der Waals surface area contributed by atoms with E-state index in [1.54, 1.807) is 0 Å². The van der Waals surface area contributed by atoms with E-state index in [2.05, 4.69) is 36.5 Å². The van der Waals surface area contributed by atoms with Crippen LogP contribution in [0.15, 0.2) is 42.5 Å². The quantitative estimate of drug-likeness (QED) is 0.677. The molecule has 0 saturated carbocycles. The van der Waals surface area contributed by atoms with Crippen molar-refractivity contribution in [3.05, 3.63) is 63.6 Å². The fraction of sp³-hybridized carbons (Fsp3) is 0.368. The van der Waals surface area contributed by atoms with Crippen LogP contribution in [0.25, 0.3) is 0 Å². The summed E-state index contributed by atoms with van der Waals surface area (Å²) in [6.07, 6.45) is 2.16. The van der Waals surface area contributed by atoms with Crippen LogP contribution in [0.1, 0.15) is 31.4 Å². The lowest BCUT2D eigenvalue weighted by atomic mass is 10.1. The molecule has 0 aliphatic carbocycles. The van der Waals surface area contributed by atoms with Gasteiger partial charge in [-0.25, -0.2) is 0 Å². The summed E-state index contributed by atoms with van der Waals surface area (Å²) in [5.41, 5.74) is 2.43. The summed E-state index contributed by atoms with van der Waals surface area (Å²) in [5.74, 6) is 0.566. The van der Waals surface area contributed by atoms with Crippen molar-refractivity contribution in [1.29, 1.82) is 0 Å². The zero-order valence-corrected chi connectivity index (χ0v) is 15.1. The van der Waals surface area contributed by atoms with E-state index in [1.165, 1.54) is 5.56 Å². The first-order valence-electron chi connectivity index (χ1n) is 7.98. The minimum Gasteiger partial charge on any atom is -0.491 e. The summed E-state index contributed by atoms with van der Waals surface area (Å²) in [5, 5.41) is 4.64. The van der Waals surface area contributed by atoms with Crippen LogP contribution in [0.4, 0.5) is 0 Å². The topological polar surface area (TPSA) is 21.3 Å². The SMILES string of the molecule is CCOc1c(Cl)cc(CN[C@H](C)CCc2ccccc2)cc1Cl. The lowest BCUT2D eigenvalue weighted by Gasteiger charge is -2.15. The molecule has 0 aromatic heterocycles. The Hall–Kier alpha value is -1.22. The average Bonchev–Trinajstić information content (AvgIpc) is 2.55. The van der Waals surface area contributed by atoms with Crippen molar-refractivity contribution in [2.75, 3.05) is 6.61 Å². The molecule has 0 heterocycles. The Morgan fingerprint density at radius 1 is 1.04 bits per heavy atom. The van der Waals surface area contributed by atoms with Crippen LogP contribution in [-0.4, -0.2) is 12.6 Å². The second-order valence-corrected chi connectivity index (χ2v) is 6.44. The molecule has 2 aromatic rings. The number of hydrogen-bond acceptors (Lipinski definition) is 2. The molecule has 4 heteroatoms. The lowest BCUT2D eigenvalue weighted by molar-refractivity contribution is 0.340. The van der Waals surface area contributed by atoms with Crippen LogP contribution in [-0.2, 0) is 13.0 Å². The number of aryl methyl sites for hydroxylation is 1. The van der Waals surface area contributed by atoms with Crippen molar-refractivity contribution in [1.82, 2.24) is 5.32 Å². The summed E-state index contributed by atoms with van der Waals surface area (Å²) in [4.78, 5) is 0. The third-order valence-corrected chi connectivity index (χ3v) is 4.27. The summed E-state index contributed by atoms with van der Waals surface area (Å²) in [7, 11) is 0. The molecule has 2 aromatic carbocycles. The molecule has 0 radical (unpaired) electrons. The molecular weight excluding hydrogens is 329 g/mol. The molecule has 0 bridgehead atoms. The van der Waals surface area contributed by atoms with Crippen molar-refractivity contribution in [3.8, 4) is 5.75 Å². The van der Waals surface area contributed by atoms with Crippen molar-refractivity contribution >= 4 is 23.2 Å². The summed E-state index contributed by atoms with van der Waals surface area (Å²) >= 11 is 12.5. The Balaban J connectivity index is 1.85. The molecule has 0 amide bonds. The van der Waals surface area contributed by atoms with E-state index in [-0.39, 0.29) is 0 Å². The van der Waals surface area contributed by atoms with Gasteiger partial charge in [-0.2, -0.15) is 0 Å². The molecule has 0 aliphatic rings. The average molecular weight is 352 g/mol. The zero-order valence-electron chi connectivity index (χ0n) is 13.6. The normalized spacial score (nSPS) is 12.2. The Labute approximate surface area is 148 Å². The first-order valence-corrected chi connectivity index (χ1v) is 8.73. The maximum Gasteiger partial charge on any atom is 0.156 e. The van der Waals surface area contributed by atoms with E-state index >= 15 is 0 Å². The highest BCUT2D eigenvalue weighted by Crippen LogP contribution is 2.34. The fourth-order valence-electron chi connectivity index (χ4n) is 2.42. The Bertz CT molecular complexity index is 593. The maximum absolute atomic E-state index is 6.23. The number of benzene rings is 2. The van der Waals surface area contributed by atoms with E-state index in [0.717, 1.165) is 24.9 Å². The summed E-state index contributed by atoms with van der Waals surface area (Å²) in [6.45, 7) is 5.40. The lowest BCUT2D eigenvalue weighted by Crippen LogP contribution is -2.26. The standard InChI is InChI=1S/C19H23Cl2NO/c1-3-23-19-17(20)11-16(12-18(19)21)13-22-14(2)9-10-15-7-5-4-6-8-15/h4-8,11-12,14,22H,3,9-10,13H2,1-2H3/t14-/m1/s1. The molecule has 23 heavy (non-hydrogen) atoms. The predicted molar refractivity (Wildman–Crippen MR) is 98.7 cm³/mol. The molecule has 0 fully saturated rings. The molecule has 0 spiro atoms. The van der Waals surface area contributed by atoms with E-state index in [9.17, 15) is 0 Å². The molecule has 1 N–H and O–H groups in total.